The molecule has 0 aliphatic heterocycles. The van der Waals surface area contributed by atoms with Crippen LogP contribution >= 0.6 is 0 Å². The van der Waals surface area contributed by atoms with Gasteiger partial charge in [-0.15, -0.1) is 0 Å². The second-order valence-corrected chi connectivity index (χ2v) is 3.88. The van der Waals surface area contributed by atoms with Gasteiger partial charge in [-0.25, -0.2) is 4.98 Å². The van der Waals surface area contributed by atoms with E-state index < -0.39 is 0 Å². The van der Waals surface area contributed by atoms with Gasteiger partial charge in [-0.05, 0) is 25.8 Å². The smallest absolute Gasteiger partial charge is 0.319 e. The summed E-state index contributed by atoms with van der Waals surface area (Å²) in [4.78, 5) is 8.20. The molecule has 1 rings (SSSR count). The number of hydrogen-bond donors (Lipinski definition) is 1. The minimum absolute atomic E-state index is 0.134. The Morgan fingerprint density at radius 2 is 2.18 bits per heavy atom. The van der Waals surface area contributed by atoms with Crippen LogP contribution in [-0.2, 0) is 0 Å². The average Bonchev–Trinajstić information content (AvgIpc) is 2.34. The minimum atomic E-state index is 0.134. The highest BCUT2D eigenvalue weighted by Crippen LogP contribution is 2.24. The molecule has 0 saturated heterocycles. The summed E-state index contributed by atoms with van der Waals surface area (Å²) in [6.07, 6.45) is 4.55. The van der Waals surface area contributed by atoms with Crippen molar-refractivity contribution in [2.45, 2.75) is 26.3 Å². The lowest BCUT2D eigenvalue weighted by Crippen LogP contribution is -2.13. The Hall–Kier alpha value is -1.62. The molecular formula is C12H19N3O2. The summed E-state index contributed by atoms with van der Waals surface area (Å²) in [5, 5.41) is 0. The van der Waals surface area contributed by atoms with Gasteiger partial charge in [0.1, 0.15) is 0 Å². The molecule has 0 aliphatic carbocycles. The van der Waals surface area contributed by atoms with Crippen molar-refractivity contribution in [2.75, 3.05) is 14.2 Å². The Morgan fingerprint density at radius 1 is 1.47 bits per heavy atom. The van der Waals surface area contributed by atoms with E-state index in [0.29, 0.717) is 11.9 Å². The number of rotatable bonds is 5. The molecule has 5 nitrogen and oxygen atoms in total. The van der Waals surface area contributed by atoms with E-state index in [9.17, 15) is 0 Å². The van der Waals surface area contributed by atoms with E-state index in [1.54, 1.807) is 13.3 Å². The summed E-state index contributed by atoms with van der Waals surface area (Å²) < 4.78 is 10.2. The maximum Gasteiger partial charge on any atom is 0.319 e. The molecule has 0 saturated carbocycles. The van der Waals surface area contributed by atoms with Crippen molar-refractivity contribution in [1.82, 2.24) is 9.97 Å². The zero-order chi connectivity index (χ0) is 12.8. The minimum Gasteiger partial charge on any atom is -0.480 e. The van der Waals surface area contributed by atoms with Crippen LogP contribution in [-0.4, -0.2) is 30.2 Å². The average molecular weight is 237 g/mol. The van der Waals surface area contributed by atoms with Gasteiger partial charge in [0.15, 0.2) is 0 Å². The van der Waals surface area contributed by atoms with Crippen molar-refractivity contribution < 1.29 is 9.47 Å². The first kappa shape index (κ1) is 13.4. The van der Waals surface area contributed by atoms with Crippen molar-refractivity contribution in [3.8, 4) is 11.9 Å². The number of ether oxygens (including phenoxy) is 2. The Labute approximate surface area is 102 Å². The number of nitrogens with two attached hydrogens (primary N) is 1. The van der Waals surface area contributed by atoms with E-state index >= 15 is 0 Å². The number of allylic oxidation sites excluding steroid dienone is 1. The molecule has 5 heteroatoms. The highest BCUT2D eigenvalue weighted by Gasteiger charge is 2.09. The normalized spacial score (nSPS) is 13.4. The van der Waals surface area contributed by atoms with Gasteiger partial charge in [0, 0.05) is 12.2 Å². The van der Waals surface area contributed by atoms with Crippen molar-refractivity contribution >= 4 is 5.57 Å². The van der Waals surface area contributed by atoms with Crippen LogP contribution in [0.2, 0.25) is 0 Å². The van der Waals surface area contributed by atoms with Gasteiger partial charge < -0.3 is 15.2 Å². The third kappa shape index (κ3) is 3.71. The van der Waals surface area contributed by atoms with Gasteiger partial charge >= 0.3 is 6.01 Å². The van der Waals surface area contributed by atoms with Gasteiger partial charge in [-0.3, -0.25) is 0 Å². The van der Waals surface area contributed by atoms with Crippen LogP contribution in [0.25, 0.3) is 5.57 Å². The van der Waals surface area contributed by atoms with Crippen LogP contribution in [0.5, 0.6) is 11.9 Å². The summed E-state index contributed by atoms with van der Waals surface area (Å²) in [7, 11) is 3.09. The topological polar surface area (TPSA) is 70.3 Å². The fraction of sp³-hybridized carbons (Fsp3) is 0.500. The third-order valence-electron chi connectivity index (χ3n) is 2.33. The molecule has 0 bridgehead atoms. The van der Waals surface area contributed by atoms with Crippen molar-refractivity contribution in [3.63, 3.8) is 0 Å². The fourth-order valence-electron chi connectivity index (χ4n) is 1.35. The molecule has 0 aromatic carbocycles. The predicted molar refractivity (Wildman–Crippen MR) is 67.1 cm³/mol. The summed E-state index contributed by atoms with van der Waals surface area (Å²) in [5.41, 5.74) is 7.61. The van der Waals surface area contributed by atoms with Gasteiger partial charge in [0.05, 0.1) is 19.8 Å². The van der Waals surface area contributed by atoms with Gasteiger partial charge in [0.2, 0.25) is 5.88 Å². The van der Waals surface area contributed by atoms with Crippen molar-refractivity contribution in [2.24, 2.45) is 5.73 Å². The molecule has 17 heavy (non-hydrogen) atoms. The third-order valence-corrected chi connectivity index (χ3v) is 2.33. The second kappa shape index (κ2) is 6.20. The molecule has 1 aromatic heterocycles. The highest BCUT2D eigenvalue weighted by atomic mass is 16.5. The maximum atomic E-state index is 5.71. The van der Waals surface area contributed by atoms with Crippen LogP contribution in [0.3, 0.4) is 0 Å². The molecule has 1 heterocycles. The first-order valence-electron chi connectivity index (χ1n) is 5.46. The van der Waals surface area contributed by atoms with Crippen LogP contribution in [0, 0.1) is 0 Å². The lowest BCUT2D eigenvalue weighted by atomic mass is 10.1. The Bertz CT molecular complexity index is 403. The predicted octanol–water partition coefficient (Wildman–Crippen LogP) is 1.63. The number of nitrogens with zero attached hydrogens (tertiary/aromatic N) is 2. The molecule has 1 aromatic rings. The monoisotopic (exact) mass is 237 g/mol. The summed E-state index contributed by atoms with van der Waals surface area (Å²) in [6, 6.07) is 0.431. The van der Waals surface area contributed by atoms with Crippen molar-refractivity contribution in [3.05, 3.63) is 17.8 Å². The van der Waals surface area contributed by atoms with E-state index in [4.69, 9.17) is 15.2 Å². The second-order valence-electron chi connectivity index (χ2n) is 3.88. The Balaban J connectivity index is 3.00. The summed E-state index contributed by atoms with van der Waals surface area (Å²) in [6.45, 7) is 3.95. The lowest BCUT2D eigenvalue weighted by molar-refractivity contribution is 0.351. The van der Waals surface area contributed by atoms with E-state index in [2.05, 4.69) is 16.0 Å². The van der Waals surface area contributed by atoms with Gasteiger partial charge in [0.25, 0.3) is 0 Å². The van der Waals surface area contributed by atoms with Crippen LogP contribution < -0.4 is 15.2 Å². The standard InChI is InChI=1S/C12H19N3O2/c1-8(5-6-9(2)13)10-7-14-12(17-4)15-11(10)16-3/h5,7,9H,6,13H2,1-4H3. The quantitative estimate of drug-likeness (QED) is 0.843. The van der Waals surface area contributed by atoms with E-state index in [1.165, 1.54) is 7.11 Å². The summed E-state index contributed by atoms with van der Waals surface area (Å²) in [5.74, 6) is 0.510. The Morgan fingerprint density at radius 3 is 2.71 bits per heavy atom. The van der Waals surface area contributed by atoms with Crippen LogP contribution in [0.4, 0.5) is 0 Å². The van der Waals surface area contributed by atoms with Gasteiger partial charge in [-0.1, -0.05) is 6.08 Å². The van der Waals surface area contributed by atoms with Crippen LogP contribution in [0.1, 0.15) is 25.8 Å². The largest absolute Gasteiger partial charge is 0.480 e. The molecule has 0 fully saturated rings. The highest BCUT2D eigenvalue weighted by molar-refractivity contribution is 5.66. The zero-order valence-electron chi connectivity index (χ0n) is 10.7. The molecule has 0 spiro atoms. The molecule has 1 atom stereocenters. The summed E-state index contributed by atoms with van der Waals surface area (Å²) >= 11 is 0. The van der Waals surface area contributed by atoms with E-state index in [0.717, 1.165) is 17.6 Å². The molecule has 2 N–H and O–H groups in total. The molecule has 0 amide bonds. The number of aromatic nitrogens is 2. The molecule has 94 valence electrons. The van der Waals surface area contributed by atoms with Crippen LogP contribution in [0.15, 0.2) is 12.3 Å². The van der Waals surface area contributed by atoms with Gasteiger partial charge in [-0.2, -0.15) is 4.98 Å². The first-order valence-corrected chi connectivity index (χ1v) is 5.46. The first-order chi connectivity index (χ1) is 8.08. The molecular weight excluding hydrogens is 218 g/mol. The van der Waals surface area contributed by atoms with Crippen molar-refractivity contribution in [1.29, 1.82) is 0 Å². The fourth-order valence-corrected chi connectivity index (χ4v) is 1.35. The number of methoxy groups -OCH3 is 2. The lowest BCUT2D eigenvalue weighted by Gasteiger charge is -2.09. The molecule has 0 radical (unpaired) electrons. The SMILES string of the molecule is COc1ncc(C(C)=CCC(C)N)c(OC)n1. The van der Waals surface area contributed by atoms with E-state index in [-0.39, 0.29) is 6.04 Å². The van der Waals surface area contributed by atoms with E-state index in [1.807, 2.05) is 13.8 Å². The molecule has 1 unspecified atom stereocenters. The Kier molecular flexibility index (Phi) is 4.90. The number of hydrogen-bond acceptors (Lipinski definition) is 5. The maximum absolute atomic E-state index is 5.71. The zero-order valence-corrected chi connectivity index (χ0v) is 10.7. The molecule has 0 aliphatic rings.